The summed E-state index contributed by atoms with van der Waals surface area (Å²) in [7, 11) is 0. The van der Waals surface area contributed by atoms with Crippen molar-refractivity contribution < 1.29 is 13.2 Å². The van der Waals surface area contributed by atoms with Crippen molar-refractivity contribution in [2.45, 2.75) is 50.4 Å². The Morgan fingerprint density at radius 2 is 1.83 bits per heavy atom. The number of hydrogen-bond donors (Lipinski definition) is 0. The van der Waals surface area contributed by atoms with Crippen molar-refractivity contribution in [2.75, 3.05) is 24.5 Å². The van der Waals surface area contributed by atoms with Crippen LogP contribution in [0.4, 0.5) is 19.0 Å². The Labute approximate surface area is 133 Å². The molecular formula is C16H21F3N4. The third-order valence-corrected chi connectivity index (χ3v) is 5.39. The minimum Gasteiger partial charge on any atom is -0.355 e. The normalized spacial score (nSPS) is 29.4. The van der Waals surface area contributed by atoms with Crippen LogP contribution < -0.4 is 4.90 Å². The van der Waals surface area contributed by atoms with E-state index in [-0.39, 0.29) is 0 Å². The fourth-order valence-corrected chi connectivity index (χ4v) is 4.15. The summed E-state index contributed by atoms with van der Waals surface area (Å²) in [5.41, 5.74) is -0.922. The molecule has 2 atom stereocenters. The minimum absolute atomic E-state index is 0.569. The number of nitrogens with zero attached hydrogens (tertiary/aromatic N) is 4. The summed E-state index contributed by atoms with van der Waals surface area (Å²) in [6, 6.07) is 3.93. The lowest BCUT2D eigenvalue weighted by molar-refractivity contribution is -0.141. The van der Waals surface area contributed by atoms with Crippen LogP contribution in [0.25, 0.3) is 0 Å². The second-order valence-electron chi connectivity index (χ2n) is 6.95. The summed E-state index contributed by atoms with van der Waals surface area (Å²) in [4.78, 5) is 4.79. The lowest BCUT2D eigenvalue weighted by atomic mass is 9.83. The van der Waals surface area contributed by atoms with Crippen LogP contribution in [0, 0.1) is 5.92 Å². The molecule has 1 aliphatic carbocycles. The van der Waals surface area contributed by atoms with E-state index in [1.807, 2.05) is 0 Å². The molecule has 2 unspecified atom stereocenters. The first kappa shape index (κ1) is 15.2. The van der Waals surface area contributed by atoms with Crippen molar-refractivity contribution in [3.8, 4) is 0 Å². The fraction of sp³-hybridized carbons (Fsp3) is 0.750. The van der Waals surface area contributed by atoms with E-state index in [0.29, 0.717) is 17.8 Å². The van der Waals surface area contributed by atoms with Crippen LogP contribution in [0.2, 0.25) is 0 Å². The van der Waals surface area contributed by atoms with Crippen molar-refractivity contribution in [1.29, 1.82) is 0 Å². The number of halogens is 3. The van der Waals surface area contributed by atoms with E-state index in [4.69, 9.17) is 0 Å². The predicted octanol–water partition coefficient (Wildman–Crippen LogP) is 2.95. The molecule has 1 aromatic rings. The number of hydrogen-bond acceptors (Lipinski definition) is 4. The van der Waals surface area contributed by atoms with Gasteiger partial charge in [0.15, 0.2) is 11.5 Å². The number of fused-ring (bicyclic) bond motifs is 1. The van der Waals surface area contributed by atoms with Gasteiger partial charge in [-0.05, 0) is 56.7 Å². The zero-order chi connectivity index (χ0) is 16.0. The molecule has 0 aromatic carbocycles. The molecule has 0 spiro atoms. The van der Waals surface area contributed by atoms with Crippen molar-refractivity contribution in [3.63, 3.8) is 0 Å². The van der Waals surface area contributed by atoms with Gasteiger partial charge >= 0.3 is 6.18 Å². The molecule has 2 saturated heterocycles. The quantitative estimate of drug-likeness (QED) is 0.836. The molecule has 0 amide bonds. The molecule has 3 heterocycles. The number of likely N-dealkylation sites (tertiary alicyclic amines) is 1. The van der Waals surface area contributed by atoms with E-state index >= 15 is 0 Å². The maximum absolute atomic E-state index is 12.6. The standard InChI is InChI=1S/C16H21F3N4/c17-16(18,19)14-5-6-15(21-20-14)22-9-7-13-11(10-22)2-1-8-23(13)12-3-4-12/h5-6,11-13H,1-4,7-10H2. The van der Waals surface area contributed by atoms with Crippen LogP contribution in [0.15, 0.2) is 12.1 Å². The zero-order valence-corrected chi connectivity index (χ0v) is 13.0. The number of aromatic nitrogens is 2. The summed E-state index contributed by atoms with van der Waals surface area (Å²) in [6.45, 7) is 2.95. The number of anilines is 1. The highest BCUT2D eigenvalue weighted by atomic mass is 19.4. The van der Waals surface area contributed by atoms with Crippen LogP contribution >= 0.6 is 0 Å². The summed E-state index contributed by atoms with van der Waals surface area (Å²) in [5.74, 6) is 1.17. The molecule has 0 bridgehead atoms. The van der Waals surface area contributed by atoms with E-state index in [1.54, 1.807) is 0 Å². The molecule has 126 valence electrons. The van der Waals surface area contributed by atoms with E-state index in [1.165, 1.54) is 38.3 Å². The van der Waals surface area contributed by atoms with Gasteiger partial charge in [-0.15, -0.1) is 10.2 Å². The van der Waals surface area contributed by atoms with E-state index in [2.05, 4.69) is 20.0 Å². The Morgan fingerprint density at radius 1 is 1.00 bits per heavy atom. The first-order chi connectivity index (χ1) is 11.0. The average molecular weight is 326 g/mol. The molecule has 7 heteroatoms. The molecule has 0 N–H and O–H groups in total. The SMILES string of the molecule is FC(F)(F)c1ccc(N2CCC3C(CCCN3C3CC3)C2)nn1. The van der Waals surface area contributed by atoms with Crippen LogP contribution in [0.1, 0.15) is 37.8 Å². The third-order valence-electron chi connectivity index (χ3n) is 5.39. The Bertz CT molecular complexity index is 555. The van der Waals surface area contributed by atoms with Crippen molar-refractivity contribution in [3.05, 3.63) is 17.8 Å². The Kier molecular flexibility index (Phi) is 3.70. The summed E-state index contributed by atoms with van der Waals surface area (Å²) in [6.07, 6.45) is 1.74. The lowest BCUT2D eigenvalue weighted by Crippen LogP contribution is -2.54. The monoisotopic (exact) mass is 326 g/mol. The maximum atomic E-state index is 12.6. The van der Waals surface area contributed by atoms with E-state index in [0.717, 1.165) is 31.6 Å². The Morgan fingerprint density at radius 3 is 2.48 bits per heavy atom. The van der Waals surface area contributed by atoms with Gasteiger partial charge in [-0.1, -0.05) is 0 Å². The van der Waals surface area contributed by atoms with Gasteiger partial charge in [0.1, 0.15) is 0 Å². The van der Waals surface area contributed by atoms with E-state index < -0.39 is 11.9 Å². The van der Waals surface area contributed by atoms with Gasteiger partial charge in [-0.25, -0.2) is 0 Å². The highest BCUT2D eigenvalue weighted by molar-refractivity contribution is 5.38. The molecule has 4 nitrogen and oxygen atoms in total. The smallest absolute Gasteiger partial charge is 0.355 e. The largest absolute Gasteiger partial charge is 0.435 e. The lowest BCUT2D eigenvalue weighted by Gasteiger charge is -2.47. The van der Waals surface area contributed by atoms with Crippen molar-refractivity contribution in [2.24, 2.45) is 5.92 Å². The van der Waals surface area contributed by atoms with Gasteiger partial charge in [-0.2, -0.15) is 13.2 Å². The van der Waals surface area contributed by atoms with Gasteiger partial charge in [0.25, 0.3) is 0 Å². The Balaban J connectivity index is 1.45. The van der Waals surface area contributed by atoms with Crippen LogP contribution in [-0.2, 0) is 6.18 Å². The van der Waals surface area contributed by atoms with Crippen LogP contribution in [0.3, 0.4) is 0 Å². The molecule has 3 aliphatic rings. The Hall–Kier alpha value is -1.37. The maximum Gasteiger partial charge on any atom is 0.435 e. The highest BCUT2D eigenvalue weighted by Crippen LogP contribution is 2.39. The second-order valence-corrected chi connectivity index (χ2v) is 6.95. The van der Waals surface area contributed by atoms with Crippen molar-refractivity contribution in [1.82, 2.24) is 15.1 Å². The summed E-state index contributed by atoms with van der Waals surface area (Å²) in [5, 5.41) is 7.17. The summed E-state index contributed by atoms with van der Waals surface area (Å²) < 4.78 is 37.8. The molecule has 0 radical (unpaired) electrons. The van der Waals surface area contributed by atoms with Crippen molar-refractivity contribution >= 4 is 5.82 Å². The molecule has 3 fully saturated rings. The van der Waals surface area contributed by atoms with Gasteiger partial charge in [-0.3, -0.25) is 4.90 Å². The topological polar surface area (TPSA) is 32.3 Å². The van der Waals surface area contributed by atoms with Gasteiger partial charge in [0.05, 0.1) is 0 Å². The molecule has 2 aliphatic heterocycles. The van der Waals surface area contributed by atoms with Gasteiger partial charge < -0.3 is 4.90 Å². The van der Waals surface area contributed by atoms with Gasteiger partial charge in [0.2, 0.25) is 0 Å². The first-order valence-corrected chi connectivity index (χ1v) is 8.44. The minimum atomic E-state index is -4.42. The molecule has 4 rings (SSSR count). The molecular weight excluding hydrogens is 305 g/mol. The number of rotatable bonds is 2. The van der Waals surface area contributed by atoms with Crippen LogP contribution in [-0.4, -0.2) is 46.8 Å². The fourth-order valence-electron chi connectivity index (χ4n) is 4.15. The van der Waals surface area contributed by atoms with Gasteiger partial charge in [0, 0.05) is 25.2 Å². The summed E-state index contributed by atoms with van der Waals surface area (Å²) >= 11 is 0. The second kappa shape index (κ2) is 5.61. The third kappa shape index (κ3) is 3.03. The molecule has 23 heavy (non-hydrogen) atoms. The number of piperidine rings is 2. The first-order valence-electron chi connectivity index (χ1n) is 8.44. The predicted molar refractivity (Wildman–Crippen MR) is 80.1 cm³/mol. The van der Waals surface area contributed by atoms with Crippen LogP contribution in [0.5, 0.6) is 0 Å². The number of alkyl halides is 3. The highest BCUT2D eigenvalue weighted by Gasteiger charge is 2.42. The molecule has 1 saturated carbocycles. The zero-order valence-electron chi connectivity index (χ0n) is 13.0. The molecule has 1 aromatic heterocycles. The van der Waals surface area contributed by atoms with E-state index in [9.17, 15) is 13.2 Å². The average Bonchev–Trinajstić information content (AvgIpc) is 3.38.